The Kier molecular flexibility index (Phi) is 4.45. The molecule has 2 aromatic rings. The van der Waals surface area contributed by atoms with Crippen molar-refractivity contribution in [3.05, 3.63) is 59.2 Å². The summed E-state index contributed by atoms with van der Waals surface area (Å²) in [6.07, 6.45) is 4.03. The van der Waals surface area contributed by atoms with Crippen molar-refractivity contribution in [3.8, 4) is 0 Å². The minimum absolute atomic E-state index is 0.0302. The van der Waals surface area contributed by atoms with Gasteiger partial charge in [0.2, 0.25) is 5.91 Å². The number of carbonyl (C=O) groups is 1. The first-order valence-electron chi connectivity index (χ1n) is 8.05. The molecule has 0 radical (unpaired) electrons. The van der Waals surface area contributed by atoms with E-state index in [-0.39, 0.29) is 16.7 Å². The average Bonchev–Trinajstić information content (AvgIpc) is 2.55. The van der Waals surface area contributed by atoms with E-state index >= 15 is 0 Å². The van der Waals surface area contributed by atoms with Gasteiger partial charge >= 0.3 is 0 Å². The molecule has 0 spiro atoms. The van der Waals surface area contributed by atoms with Gasteiger partial charge in [0.25, 0.3) is 0 Å². The molecule has 1 aliphatic rings. The highest BCUT2D eigenvalue weighted by molar-refractivity contribution is 7.90. The van der Waals surface area contributed by atoms with Gasteiger partial charge in [-0.2, -0.15) is 0 Å². The van der Waals surface area contributed by atoms with Gasteiger partial charge < -0.3 is 5.32 Å². The number of hydrogen-bond acceptors (Lipinski definition) is 3. The van der Waals surface area contributed by atoms with E-state index in [1.165, 1.54) is 17.9 Å². The lowest BCUT2D eigenvalue weighted by atomic mass is 9.82. The van der Waals surface area contributed by atoms with Gasteiger partial charge in [-0.1, -0.05) is 24.3 Å². The summed E-state index contributed by atoms with van der Waals surface area (Å²) >= 11 is 0. The predicted molar refractivity (Wildman–Crippen MR) is 95.0 cm³/mol. The molecular weight excluding hydrogens is 322 g/mol. The number of fused-ring (bicyclic) bond motifs is 1. The van der Waals surface area contributed by atoms with Gasteiger partial charge in [-0.3, -0.25) is 4.79 Å². The van der Waals surface area contributed by atoms with Crippen LogP contribution in [0.4, 0.5) is 5.69 Å². The van der Waals surface area contributed by atoms with Crippen LogP contribution in [0.1, 0.15) is 35.4 Å². The number of rotatable bonds is 3. The van der Waals surface area contributed by atoms with E-state index in [0.29, 0.717) is 5.69 Å². The lowest BCUT2D eigenvalue weighted by Gasteiger charge is -2.25. The van der Waals surface area contributed by atoms with E-state index in [4.69, 9.17) is 0 Å². The van der Waals surface area contributed by atoms with Crippen LogP contribution in [0.2, 0.25) is 0 Å². The standard InChI is InChI=1S/C19H21NO3S/c1-13-12-15(24(2,22)23)10-11-18(13)20-19(21)17-9-5-7-14-6-3-4-8-16(14)17/h3-4,6,8,10-12,17H,5,7,9H2,1-2H3,(H,20,21). The van der Waals surface area contributed by atoms with E-state index in [0.717, 1.165) is 30.4 Å². The predicted octanol–water partition coefficient (Wildman–Crippen LogP) is 3.46. The van der Waals surface area contributed by atoms with Crippen molar-refractivity contribution in [2.75, 3.05) is 11.6 Å². The van der Waals surface area contributed by atoms with E-state index in [9.17, 15) is 13.2 Å². The molecule has 1 N–H and O–H groups in total. The quantitative estimate of drug-likeness (QED) is 0.928. The smallest absolute Gasteiger partial charge is 0.231 e. The molecule has 0 aromatic heterocycles. The summed E-state index contributed by atoms with van der Waals surface area (Å²) < 4.78 is 23.2. The SMILES string of the molecule is Cc1cc(S(C)(=O)=O)ccc1NC(=O)C1CCCc2ccccc21. The van der Waals surface area contributed by atoms with Crippen LogP contribution in [0.25, 0.3) is 0 Å². The van der Waals surface area contributed by atoms with E-state index in [1.807, 2.05) is 18.2 Å². The van der Waals surface area contributed by atoms with Crippen LogP contribution in [0.5, 0.6) is 0 Å². The summed E-state index contributed by atoms with van der Waals surface area (Å²) in [6.45, 7) is 1.80. The summed E-state index contributed by atoms with van der Waals surface area (Å²) in [7, 11) is -3.24. The summed E-state index contributed by atoms with van der Waals surface area (Å²) in [5, 5.41) is 2.97. The Hall–Kier alpha value is -2.14. The van der Waals surface area contributed by atoms with E-state index in [1.54, 1.807) is 19.1 Å². The monoisotopic (exact) mass is 343 g/mol. The maximum atomic E-state index is 12.7. The highest BCUT2D eigenvalue weighted by Gasteiger charge is 2.26. The third kappa shape index (κ3) is 3.36. The van der Waals surface area contributed by atoms with Crippen molar-refractivity contribution in [2.24, 2.45) is 0 Å². The summed E-state index contributed by atoms with van der Waals surface area (Å²) in [5.74, 6) is -0.179. The number of hydrogen-bond donors (Lipinski definition) is 1. The van der Waals surface area contributed by atoms with Gasteiger partial charge in [0, 0.05) is 11.9 Å². The summed E-state index contributed by atoms with van der Waals surface area (Å²) in [5.41, 5.74) is 3.76. The van der Waals surface area contributed by atoms with Crippen LogP contribution in [0.3, 0.4) is 0 Å². The number of sulfone groups is 1. The van der Waals surface area contributed by atoms with Crippen molar-refractivity contribution in [3.63, 3.8) is 0 Å². The maximum Gasteiger partial charge on any atom is 0.231 e. The first-order chi connectivity index (χ1) is 11.4. The van der Waals surface area contributed by atoms with Gasteiger partial charge in [-0.25, -0.2) is 8.42 Å². The molecule has 3 rings (SSSR count). The van der Waals surface area contributed by atoms with Gasteiger partial charge in [0.05, 0.1) is 10.8 Å². The fourth-order valence-corrected chi connectivity index (χ4v) is 3.96. The molecule has 1 amide bonds. The Bertz CT molecular complexity index is 887. The second-order valence-corrected chi connectivity index (χ2v) is 8.40. The largest absolute Gasteiger partial charge is 0.325 e. The van der Waals surface area contributed by atoms with Crippen LogP contribution in [-0.2, 0) is 21.1 Å². The second-order valence-electron chi connectivity index (χ2n) is 6.38. The maximum absolute atomic E-state index is 12.7. The molecule has 0 saturated carbocycles. The van der Waals surface area contributed by atoms with Crippen LogP contribution < -0.4 is 5.32 Å². The van der Waals surface area contributed by atoms with Crippen molar-refractivity contribution >= 4 is 21.4 Å². The van der Waals surface area contributed by atoms with Crippen molar-refractivity contribution < 1.29 is 13.2 Å². The Morgan fingerprint density at radius 1 is 1.17 bits per heavy atom. The number of aryl methyl sites for hydroxylation is 2. The zero-order chi connectivity index (χ0) is 17.3. The third-order valence-corrected chi connectivity index (χ3v) is 5.68. The van der Waals surface area contributed by atoms with Gasteiger partial charge in [-0.05, 0) is 61.1 Å². The normalized spacial score (nSPS) is 17.2. The molecule has 0 saturated heterocycles. The Morgan fingerprint density at radius 3 is 2.62 bits per heavy atom. The molecule has 4 nitrogen and oxygen atoms in total. The van der Waals surface area contributed by atoms with Crippen LogP contribution >= 0.6 is 0 Å². The molecule has 1 aliphatic carbocycles. The lowest BCUT2D eigenvalue weighted by Crippen LogP contribution is -2.25. The Balaban J connectivity index is 1.84. The van der Waals surface area contributed by atoms with Crippen LogP contribution in [-0.4, -0.2) is 20.6 Å². The zero-order valence-electron chi connectivity index (χ0n) is 13.9. The molecule has 0 aliphatic heterocycles. The van der Waals surface area contributed by atoms with Crippen molar-refractivity contribution in [1.29, 1.82) is 0 Å². The molecular formula is C19H21NO3S. The highest BCUT2D eigenvalue weighted by Crippen LogP contribution is 2.32. The molecule has 0 bridgehead atoms. The first kappa shape index (κ1) is 16.7. The van der Waals surface area contributed by atoms with Crippen LogP contribution in [0.15, 0.2) is 47.4 Å². The molecule has 1 atom stereocenters. The lowest BCUT2D eigenvalue weighted by molar-refractivity contribution is -0.117. The molecule has 1 unspecified atom stereocenters. The molecule has 5 heteroatoms. The van der Waals surface area contributed by atoms with E-state index < -0.39 is 9.84 Å². The molecule has 0 fully saturated rings. The molecule has 0 heterocycles. The molecule has 126 valence electrons. The fourth-order valence-electron chi connectivity index (χ4n) is 3.25. The van der Waals surface area contributed by atoms with Crippen molar-refractivity contribution in [1.82, 2.24) is 0 Å². The Morgan fingerprint density at radius 2 is 1.92 bits per heavy atom. The number of amides is 1. The average molecular weight is 343 g/mol. The molecule has 24 heavy (non-hydrogen) atoms. The zero-order valence-corrected chi connectivity index (χ0v) is 14.7. The van der Waals surface area contributed by atoms with Crippen LogP contribution in [0, 0.1) is 6.92 Å². The summed E-state index contributed by atoms with van der Waals surface area (Å²) in [4.78, 5) is 13.0. The Labute approximate surface area is 142 Å². The minimum atomic E-state index is -3.24. The number of benzene rings is 2. The summed E-state index contributed by atoms with van der Waals surface area (Å²) in [6, 6.07) is 12.9. The number of carbonyl (C=O) groups excluding carboxylic acids is 1. The fraction of sp³-hybridized carbons (Fsp3) is 0.316. The second kappa shape index (κ2) is 6.40. The van der Waals surface area contributed by atoms with Gasteiger partial charge in [-0.15, -0.1) is 0 Å². The number of nitrogens with one attached hydrogen (secondary N) is 1. The molecule has 2 aromatic carbocycles. The highest BCUT2D eigenvalue weighted by atomic mass is 32.2. The van der Waals surface area contributed by atoms with Crippen molar-refractivity contribution in [2.45, 2.75) is 37.0 Å². The topological polar surface area (TPSA) is 63.2 Å². The first-order valence-corrected chi connectivity index (χ1v) is 9.95. The minimum Gasteiger partial charge on any atom is -0.325 e. The van der Waals surface area contributed by atoms with E-state index in [2.05, 4.69) is 11.4 Å². The number of anilines is 1. The third-order valence-electron chi connectivity index (χ3n) is 4.57. The van der Waals surface area contributed by atoms with Gasteiger partial charge in [0.15, 0.2) is 9.84 Å². The van der Waals surface area contributed by atoms with Gasteiger partial charge in [0.1, 0.15) is 0 Å².